The van der Waals surface area contributed by atoms with Crippen LogP contribution in [-0.4, -0.2) is 32.1 Å². The van der Waals surface area contributed by atoms with Crippen molar-refractivity contribution < 1.29 is 19.1 Å². The number of hydrogen-bond acceptors (Lipinski definition) is 5. The number of likely N-dealkylation sites (tertiary alicyclic amines) is 1. The van der Waals surface area contributed by atoms with Crippen LogP contribution in [0.15, 0.2) is 52.9 Å². The number of aryl methyl sites for hydroxylation is 1. The predicted molar refractivity (Wildman–Crippen MR) is 128 cm³/mol. The van der Waals surface area contributed by atoms with Gasteiger partial charge in [0.25, 0.3) is 0 Å². The molecule has 0 radical (unpaired) electrons. The van der Waals surface area contributed by atoms with E-state index < -0.39 is 24.0 Å². The molecule has 34 heavy (non-hydrogen) atoms. The third-order valence-corrected chi connectivity index (χ3v) is 6.77. The highest BCUT2D eigenvalue weighted by Crippen LogP contribution is 2.50. The number of amides is 1. The molecule has 2 heterocycles. The number of benzene rings is 2. The van der Waals surface area contributed by atoms with Crippen molar-refractivity contribution >= 4 is 35.1 Å². The molecular weight excluding hydrogens is 477 g/mol. The zero-order valence-electron chi connectivity index (χ0n) is 18.8. The Labute approximate surface area is 207 Å². The number of nitrogens with zero attached hydrogens (tertiary/aromatic N) is 3. The lowest BCUT2D eigenvalue weighted by atomic mass is 9.74. The summed E-state index contributed by atoms with van der Waals surface area (Å²) in [5, 5.41) is 18.9. The number of piperidine rings is 1. The summed E-state index contributed by atoms with van der Waals surface area (Å²) >= 11 is 12.5. The molecule has 0 spiro atoms. The normalized spacial score (nSPS) is 21.5. The van der Waals surface area contributed by atoms with Crippen LogP contribution in [0.2, 0.25) is 10.0 Å². The van der Waals surface area contributed by atoms with E-state index >= 15 is 0 Å². The molecule has 1 aliphatic rings. The van der Waals surface area contributed by atoms with E-state index in [2.05, 4.69) is 10.2 Å². The third-order valence-electron chi connectivity index (χ3n) is 6.28. The number of hydrogen-bond donors (Lipinski definition) is 1. The minimum absolute atomic E-state index is 0.208. The van der Waals surface area contributed by atoms with E-state index in [-0.39, 0.29) is 18.2 Å². The van der Waals surface area contributed by atoms with Crippen LogP contribution < -0.4 is 0 Å². The van der Waals surface area contributed by atoms with Crippen molar-refractivity contribution in [2.45, 2.75) is 51.1 Å². The van der Waals surface area contributed by atoms with E-state index in [1.807, 2.05) is 37.3 Å². The third kappa shape index (κ3) is 4.95. The molecular formula is C25H25Cl2N3O4. The fourth-order valence-corrected chi connectivity index (χ4v) is 5.18. The average molecular weight is 502 g/mol. The number of aliphatic carboxylic acids is 1. The molecule has 3 aromatic rings. The second-order valence-electron chi connectivity index (χ2n) is 8.52. The molecule has 1 fully saturated rings. The number of rotatable bonds is 7. The summed E-state index contributed by atoms with van der Waals surface area (Å²) < 4.78 is 5.74. The number of halogens is 2. The summed E-state index contributed by atoms with van der Waals surface area (Å²) in [6.45, 7) is 3.63. The average Bonchev–Trinajstić information content (AvgIpc) is 3.23. The fourth-order valence-electron chi connectivity index (χ4n) is 4.85. The van der Waals surface area contributed by atoms with Crippen molar-refractivity contribution in [2.24, 2.45) is 5.92 Å². The summed E-state index contributed by atoms with van der Waals surface area (Å²) in [6.07, 6.45) is 0.618. The quantitative estimate of drug-likeness (QED) is 0.427. The van der Waals surface area contributed by atoms with Crippen LogP contribution in [0, 0.1) is 12.8 Å². The first-order chi connectivity index (χ1) is 16.3. The Morgan fingerprint density at radius 2 is 1.88 bits per heavy atom. The molecule has 7 nitrogen and oxygen atoms in total. The number of carboxylic acid groups (broad SMARTS) is 1. The van der Waals surface area contributed by atoms with Crippen molar-refractivity contribution in [1.82, 2.24) is 15.1 Å². The Kier molecular flexibility index (Phi) is 7.24. The molecule has 9 heteroatoms. The predicted octanol–water partition coefficient (Wildman–Crippen LogP) is 5.98. The second-order valence-corrected chi connectivity index (χ2v) is 9.39. The molecule has 1 unspecified atom stereocenters. The van der Waals surface area contributed by atoms with Crippen molar-refractivity contribution in [1.29, 1.82) is 0 Å². The van der Waals surface area contributed by atoms with E-state index in [9.17, 15) is 14.7 Å². The molecule has 1 N–H and O–H groups in total. The van der Waals surface area contributed by atoms with Gasteiger partial charge in [0.15, 0.2) is 0 Å². The fraction of sp³-hybridized carbons (Fsp3) is 0.360. The minimum atomic E-state index is -1.02. The van der Waals surface area contributed by atoms with Gasteiger partial charge in [0.1, 0.15) is 6.04 Å². The van der Waals surface area contributed by atoms with Gasteiger partial charge in [-0.3, -0.25) is 9.59 Å². The first-order valence-corrected chi connectivity index (χ1v) is 11.9. The summed E-state index contributed by atoms with van der Waals surface area (Å²) in [6, 6.07) is 13.9. The number of carbonyl (C=O) groups is 2. The Hall–Kier alpha value is -2.90. The number of carboxylic acids is 1. The van der Waals surface area contributed by atoms with Gasteiger partial charge in [-0.05, 0) is 48.2 Å². The monoisotopic (exact) mass is 501 g/mol. The lowest BCUT2D eigenvalue weighted by Crippen LogP contribution is -2.49. The summed E-state index contributed by atoms with van der Waals surface area (Å²) in [7, 11) is 0. The topological polar surface area (TPSA) is 96.5 Å². The molecule has 1 aliphatic heterocycles. The number of carbonyl (C=O) groups excluding carboxylic acids is 1. The molecule has 2 aromatic carbocycles. The maximum absolute atomic E-state index is 13.9. The molecule has 1 amide bonds. The largest absolute Gasteiger partial charge is 0.481 e. The zero-order valence-corrected chi connectivity index (χ0v) is 20.3. The van der Waals surface area contributed by atoms with Crippen LogP contribution >= 0.6 is 23.2 Å². The van der Waals surface area contributed by atoms with Crippen molar-refractivity contribution in [3.63, 3.8) is 0 Å². The lowest BCUT2D eigenvalue weighted by Gasteiger charge is -2.47. The highest BCUT2D eigenvalue weighted by Gasteiger charge is 2.47. The van der Waals surface area contributed by atoms with Crippen molar-refractivity contribution in [3.05, 3.63) is 81.5 Å². The highest BCUT2D eigenvalue weighted by atomic mass is 35.5. The minimum Gasteiger partial charge on any atom is -0.481 e. The van der Waals surface area contributed by atoms with Gasteiger partial charge in [0.05, 0.1) is 12.5 Å². The molecule has 178 valence electrons. The molecule has 0 bridgehead atoms. The maximum Gasteiger partial charge on any atom is 0.304 e. The van der Waals surface area contributed by atoms with Gasteiger partial charge in [-0.25, -0.2) is 0 Å². The van der Waals surface area contributed by atoms with Gasteiger partial charge in [-0.2, -0.15) is 0 Å². The highest BCUT2D eigenvalue weighted by molar-refractivity contribution is 6.30. The number of aromatic nitrogens is 2. The second kappa shape index (κ2) is 10.2. The standard InChI is InChI=1S/C25H25Cl2N3O4/c1-3-21(24-29-28-14(2)34-24)30-23(15-7-9-18(26)10-8-15)20(16-5-4-6-19(27)11-16)12-17(25(30)33)13-22(31)32/h4-11,17,20-21,23H,3,12-13H2,1-2H3,(H,31,32)/t17-,20-,21-,23?/m1/s1. The van der Waals surface area contributed by atoms with E-state index in [4.69, 9.17) is 27.6 Å². The first-order valence-electron chi connectivity index (χ1n) is 11.1. The Morgan fingerprint density at radius 1 is 1.15 bits per heavy atom. The molecule has 1 aromatic heterocycles. The van der Waals surface area contributed by atoms with Gasteiger partial charge in [-0.1, -0.05) is 54.4 Å². The molecule has 1 saturated heterocycles. The van der Waals surface area contributed by atoms with Crippen LogP contribution in [0.25, 0.3) is 0 Å². The van der Waals surface area contributed by atoms with Gasteiger partial charge < -0.3 is 14.4 Å². The maximum atomic E-state index is 13.9. The Morgan fingerprint density at radius 3 is 2.47 bits per heavy atom. The zero-order chi connectivity index (χ0) is 24.4. The first kappa shape index (κ1) is 24.2. The summed E-state index contributed by atoms with van der Waals surface area (Å²) in [4.78, 5) is 27.3. The van der Waals surface area contributed by atoms with Gasteiger partial charge >= 0.3 is 5.97 Å². The lowest BCUT2D eigenvalue weighted by molar-refractivity contribution is -0.153. The van der Waals surface area contributed by atoms with E-state index in [1.54, 1.807) is 30.0 Å². The summed E-state index contributed by atoms with van der Waals surface area (Å²) in [5.41, 5.74) is 1.81. The summed E-state index contributed by atoms with van der Waals surface area (Å²) in [5.74, 6) is -1.45. The Balaban J connectivity index is 1.90. The van der Waals surface area contributed by atoms with E-state index in [1.165, 1.54) is 0 Å². The van der Waals surface area contributed by atoms with Crippen molar-refractivity contribution in [3.8, 4) is 0 Å². The van der Waals surface area contributed by atoms with E-state index in [0.29, 0.717) is 34.7 Å². The van der Waals surface area contributed by atoms with Crippen LogP contribution in [0.5, 0.6) is 0 Å². The van der Waals surface area contributed by atoms with Gasteiger partial charge in [0, 0.05) is 28.8 Å². The van der Waals surface area contributed by atoms with Gasteiger partial charge in [0.2, 0.25) is 17.7 Å². The molecule has 0 saturated carbocycles. The SMILES string of the molecule is CC[C@H](c1nnc(C)o1)N1C(=O)[C@@H](CC(=O)O)C[C@H](c2cccc(Cl)c2)C1c1ccc(Cl)cc1. The molecule has 4 rings (SSSR count). The van der Waals surface area contributed by atoms with Crippen LogP contribution in [0.3, 0.4) is 0 Å². The van der Waals surface area contributed by atoms with Crippen LogP contribution in [0.1, 0.15) is 67.1 Å². The van der Waals surface area contributed by atoms with Gasteiger partial charge in [-0.15, -0.1) is 10.2 Å². The molecule has 4 atom stereocenters. The van der Waals surface area contributed by atoms with Crippen LogP contribution in [-0.2, 0) is 9.59 Å². The van der Waals surface area contributed by atoms with Crippen molar-refractivity contribution in [2.75, 3.05) is 0 Å². The molecule has 0 aliphatic carbocycles. The smallest absolute Gasteiger partial charge is 0.304 e. The van der Waals surface area contributed by atoms with Crippen LogP contribution in [0.4, 0.5) is 0 Å². The Bertz CT molecular complexity index is 1180. The van der Waals surface area contributed by atoms with E-state index in [0.717, 1.165) is 11.1 Å².